The number of anilines is 1. The number of hydrogen-bond acceptors (Lipinski definition) is 6. The van der Waals surface area contributed by atoms with Gasteiger partial charge in [0.15, 0.2) is 17.6 Å². The van der Waals surface area contributed by atoms with Gasteiger partial charge in [0.05, 0.1) is 19.9 Å². The van der Waals surface area contributed by atoms with Gasteiger partial charge >= 0.3 is 5.97 Å². The number of nitrogens with one attached hydrogen (secondary N) is 1. The van der Waals surface area contributed by atoms with Crippen molar-refractivity contribution in [2.75, 3.05) is 19.5 Å². The second-order valence-corrected chi connectivity index (χ2v) is 6.79. The number of aryl methyl sites for hydroxylation is 2. The first kappa shape index (κ1) is 22.5. The van der Waals surface area contributed by atoms with Gasteiger partial charge in [-0.3, -0.25) is 9.48 Å². The van der Waals surface area contributed by atoms with Crippen molar-refractivity contribution < 1.29 is 23.8 Å². The number of amides is 1. The van der Waals surface area contributed by atoms with Crippen molar-refractivity contribution in [1.82, 2.24) is 9.78 Å². The lowest BCUT2D eigenvalue weighted by Gasteiger charge is -2.15. The van der Waals surface area contributed by atoms with Gasteiger partial charge in [0.25, 0.3) is 5.91 Å². The second-order valence-electron chi connectivity index (χ2n) is 6.43. The van der Waals surface area contributed by atoms with Gasteiger partial charge in [-0.05, 0) is 32.4 Å². The lowest BCUT2D eigenvalue weighted by atomic mass is 10.2. The second kappa shape index (κ2) is 10.2. The van der Waals surface area contributed by atoms with E-state index in [2.05, 4.69) is 17.3 Å². The molecule has 1 aromatic heterocycles. The van der Waals surface area contributed by atoms with E-state index in [1.165, 1.54) is 21.1 Å². The van der Waals surface area contributed by atoms with Crippen molar-refractivity contribution in [3.63, 3.8) is 0 Å². The average molecular weight is 424 g/mol. The number of carbonyl (C=O) groups excluding carboxylic acids is 2. The third-order valence-electron chi connectivity index (χ3n) is 4.30. The van der Waals surface area contributed by atoms with E-state index in [1.54, 1.807) is 29.8 Å². The summed E-state index contributed by atoms with van der Waals surface area (Å²) in [4.78, 5) is 25.0. The molecule has 0 aliphatic heterocycles. The number of esters is 1. The maximum atomic E-state index is 12.5. The van der Waals surface area contributed by atoms with Crippen LogP contribution in [0.15, 0.2) is 18.2 Å². The Morgan fingerprint density at radius 2 is 1.93 bits per heavy atom. The van der Waals surface area contributed by atoms with E-state index in [0.29, 0.717) is 29.4 Å². The van der Waals surface area contributed by atoms with Gasteiger partial charge in [0, 0.05) is 18.3 Å². The number of nitrogens with zero attached hydrogens (tertiary/aromatic N) is 2. The Morgan fingerprint density at radius 3 is 2.55 bits per heavy atom. The van der Waals surface area contributed by atoms with Crippen LogP contribution in [0.25, 0.3) is 0 Å². The van der Waals surface area contributed by atoms with Crippen LogP contribution in [0.4, 0.5) is 5.69 Å². The Bertz CT molecular complexity index is 881. The molecule has 1 aromatic carbocycles. The van der Waals surface area contributed by atoms with E-state index in [0.717, 1.165) is 12.8 Å². The Hall–Kier alpha value is -2.74. The zero-order chi connectivity index (χ0) is 21.6. The van der Waals surface area contributed by atoms with E-state index in [9.17, 15) is 9.59 Å². The Labute approximate surface area is 175 Å². The van der Waals surface area contributed by atoms with Gasteiger partial charge in [-0.2, -0.15) is 5.10 Å². The van der Waals surface area contributed by atoms with Gasteiger partial charge in [-0.1, -0.05) is 24.9 Å². The molecule has 2 rings (SSSR count). The molecule has 0 radical (unpaired) electrons. The van der Waals surface area contributed by atoms with Crippen LogP contribution in [0.1, 0.15) is 42.7 Å². The van der Waals surface area contributed by atoms with Crippen LogP contribution < -0.4 is 14.8 Å². The molecule has 2 aromatic rings. The highest BCUT2D eigenvalue weighted by Crippen LogP contribution is 2.30. The number of hydrogen-bond donors (Lipinski definition) is 1. The third-order valence-corrected chi connectivity index (χ3v) is 4.68. The molecule has 0 saturated heterocycles. The first-order chi connectivity index (χ1) is 13.8. The van der Waals surface area contributed by atoms with E-state index in [4.69, 9.17) is 25.8 Å². The van der Waals surface area contributed by atoms with Crippen LogP contribution in [0.2, 0.25) is 5.15 Å². The molecule has 0 saturated carbocycles. The Balaban J connectivity index is 2.06. The molecule has 0 unspecified atom stereocenters. The molecule has 158 valence electrons. The van der Waals surface area contributed by atoms with Crippen molar-refractivity contribution in [1.29, 1.82) is 0 Å². The lowest BCUT2D eigenvalue weighted by molar-refractivity contribution is -0.123. The smallest absolute Gasteiger partial charge is 0.343 e. The minimum atomic E-state index is -1.04. The largest absolute Gasteiger partial charge is 0.493 e. The first-order valence-electron chi connectivity index (χ1n) is 9.29. The fourth-order valence-corrected chi connectivity index (χ4v) is 3.01. The number of halogens is 1. The predicted molar refractivity (Wildman–Crippen MR) is 110 cm³/mol. The minimum absolute atomic E-state index is 0.175. The van der Waals surface area contributed by atoms with Gasteiger partial charge in [0.1, 0.15) is 10.7 Å². The van der Waals surface area contributed by atoms with E-state index in [1.807, 2.05) is 0 Å². The SMILES string of the molecule is CCCCn1nc(C)c(C(=O)O[C@H](C)C(=O)Nc2ccc(OC)c(OC)c2)c1Cl. The Morgan fingerprint density at radius 1 is 1.24 bits per heavy atom. The fraction of sp³-hybridized carbons (Fsp3) is 0.450. The standard InChI is InChI=1S/C20H26ClN3O5/c1-6-7-10-24-18(21)17(12(2)23-24)20(26)29-13(3)19(25)22-14-8-9-15(27-4)16(11-14)28-5/h8-9,11,13H,6-7,10H2,1-5H3,(H,22,25)/t13-/m1/s1. The van der Waals surface area contributed by atoms with Crippen LogP contribution in [0, 0.1) is 6.92 Å². The maximum Gasteiger partial charge on any atom is 0.343 e. The summed E-state index contributed by atoms with van der Waals surface area (Å²) >= 11 is 6.29. The zero-order valence-corrected chi connectivity index (χ0v) is 18.0. The summed E-state index contributed by atoms with van der Waals surface area (Å²) in [6.45, 7) is 5.83. The number of aromatic nitrogens is 2. The first-order valence-corrected chi connectivity index (χ1v) is 9.66. The van der Waals surface area contributed by atoms with E-state index < -0.39 is 18.0 Å². The molecule has 9 heteroatoms. The summed E-state index contributed by atoms with van der Waals surface area (Å²) in [6.07, 6.45) is 0.826. The monoisotopic (exact) mass is 423 g/mol. The molecular formula is C20H26ClN3O5. The van der Waals surface area contributed by atoms with Crippen LogP contribution >= 0.6 is 11.6 Å². The van der Waals surface area contributed by atoms with Crippen molar-refractivity contribution in [3.05, 3.63) is 34.6 Å². The number of unbranched alkanes of at least 4 members (excludes halogenated alkanes) is 1. The molecule has 0 fully saturated rings. The summed E-state index contributed by atoms with van der Waals surface area (Å²) in [5, 5.41) is 7.18. The summed E-state index contributed by atoms with van der Waals surface area (Å²) in [6, 6.07) is 4.94. The van der Waals surface area contributed by atoms with E-state index in [-0.39, 0.29) is 10.7 Å². The normalized spacial score (nSPS) is 11.7. The highest BCUT2D eigenvalue weighted by Gasteiger charge is 2.25. The van der Waals surface area contributed by atoms with Crippen LogP contribution in [-0.2, 0) is 16.1 Å². The van der Waals surface area contributed by atoms with Crippen LogP contribution in [0.5, 0.6) is 11.5 Å². The number of benzene rings is 1. The maximum absolute atomic E-state index is 12.5. The minimum Gasteiger partial charge on any atom is -0.493 e. The fourth-order valence-electron chi connectivity index (χ4n) is 2.67. The molecule has 0 aliphatic carbocycles. The van der Waals surface area contributed by atoms with Crippen molar-refractivity contribution in [2.45, 2.75) is 46.3 Å². The van der Waals surface area contributed by atoms with Gasteiger partial charge in [0.2, 0.25) is 0 Å². The van der Waals surface area contributed by atoms with Gasteiger partial charge in [-0.15, -0.1) is 0 Å². The molecule has 0 spiro atoms. The average Bonchev–Trinajstić information content (AvgIpc) is 2.99. The molecule has 8 nitrogen and oxygen atoms in total. The van der Waals surface area contributed by atoms with E-state index >= 15 is 0 Å². The summed E-state index contributed by atoms with van der Waals surface area (Å²) < 4.78 is 17.3. The molecule has 1 heterocycles. The summed E-state index contributed by atoms with van der Waals surface area (Å²) in [7, 11) is 3.02. The van der Waals surface area contributed by atoms with Gasteiger partial charge in [-0.25, -0.2) is 4.79 Å². The van der Waals surface area contributed by atoms with Crippen molar-refractivity contribution >= 4 is 29.2 Å². The summed E-state index contributed by atoms with van der Waals surface area (Å²) in [5.41, 5.74) is 1.12. The number of carbonyl (C=O) groups is 2. The quantitative estimate of drug-likeness (QED) is 0.616. The predicted octanol–water partition coefficient (Wildman–Crippen LogP) is 3.85. The van der Waals surface area contributed by atoms with Crippen molar-refractivity contribution in [2.24, 2.45) is 0 Å². The van der Waals surface area contributed by atoms with Crippen molar-refractivity contribution in [3.8, 4) is 11.5 Å². The highest BCUT2D eigenvalue weighted by atomic mass is 35.5. The zero-order valence-electron chi connectivity index (χ0n) is 17.2. The molecular weight excluding hydrogens is 398 g/mol. The van der Waals surface area contributed by atoms with Gasteiger partial charge < -0.3 is 19.5 Å². The molecule has 29 heavy (non-hydrogen) atoms. The molecule has 1 atom stereocenters. The third kappa shape index (κ3) is 5.41. The molecule has 1 amide bonds. The van der Waals surface area contributed by atoms with Crippen LogP contribution in [0.3, 0.4) is 0 Å². The lowest BCUT2D eigenvalue weighted by Crippen LogP contribution is -2.30. The topological polar surface area (TPSA) is 91.7 Å². The van der Waals surface area contributed by atoms with Crippen LogP contribution in [-0.4, -0.2) is 42.0 Å². The molecule has 0 aliphatic rings. The molecule has 1 N–H and O–H groups in total. The number of rotatable bonds is 9. The number of methoxy groups -OCH3 is 2. The molecule has 0 bridgehead atoms. The highest BCUT2D eigenvalue weighted by molar-refractivity contribution is 6.32. The Kier molecular flexibility index (Phi) is 7.90. The number of ether oxygens (including phenoxy) is 3. The summed E-state index contributed by atoms with van der Waals surface area (Å²) in [5.74, 6) is -0.171.